The predicted molar refractivity (Wildman–Crippen MR) is 66.9 cm³/mol. The third-order valence-corrected chi connectivity index (χ3v) is 3.85. The maximum atomic E-state index is 5.82. The van der Waals surface area contributed by atoms with Crippen LogP contribution in [-0.4, -0.2) is 13.2 Å². The van der Waals surface area contributed by atoms with Crippen LogP contribution < -0.4 is 10.5 Å². The van der Waals surface area contributed by atoms with Gasteiger partial charge in [0.15, 0.2) is 0 Å². The average Bonchev–Trinajstić information content (AvgIpc) is 2.23. The molecule has 0 aromatic heterocycles. The van der Waals surface area contributed by atoms with E-state index in [-0.39, 0.29) is 0 Å². The Morgan fingerprint density at radius 2 is 1.94 bits per heavy atom. The molecule has 88 valence electrons. The summed E-state index contributed by atoms with van der Waals surface area (Å²) in [6.07, 6.45) is 3.54. The van der Waals surface area contributed by atoms with Gasteiger partial charge in [-0.15, -0.1) is 0 Å². The highest BCUT2D eigenvalue weighted by Crippen LogP contribution is 2.32. The van der Waals surface area contributed by atoms with E-state index in [2.05, 4.69) is 26.0 Å². The molecule has 0 atom stereocenters. The molecule has 2 rings (SSSR count). The molecule has 2 N–H and O–H groups in total. The maximum absolute atomic E-state index is 5.82. The summed E-state index contributed by atoms with van der Waals surface area (Å²) >= 11 is 0. The van der Waals surface area contributed by atoms with Crippen LogP contribution in [-0.2, 0) is 6.42 Å². The molecule has 0 saturated heterocycles. The van der Waals surface area contributed by atoms with Gasteiger partial charge in [-0.1, -0.05) is 6.07 Å². The summed E-state index contributed by atoms with van der Waals surface area (Å²) < 4.78 is 5.32. The number of rotatable bonds is 3. The van der Waals surface area contributed by atoms with E-state index in [4.69, 9.17) is 10.5 Å². The normalized spacial score (nSPS) is 24.0. The molecule has 0 aliphatic heterocycles. The van der Waals surface area contributed by atoms with E-state index in [1.165, 1.54) is 36.0 Å². The Labute approximate surface area is 97.8 Å². The highest BCUT2D eigenvalue weighted by Gasteiger charge is 2.26. The fraction of sp³-hybridized carbons (Fsp3) is 0.571. The van der Waals surface area contributed by atoms with Crippen LogP contribution in [0.3, 0.4) is 0 Å². The van der Waals surface area contributed by atoms with Crippen molar-refractivity contribution in [3.8, 4) is 5.75 Å². The van der Waals surface area contributed by atoms with E-state index < -0.39 is 0 Å². The average molecular weight is 219 g/mol. The molecule has 2 nitrogen and oxygen atoms in total. The SMILES string of the molecule is COc1ccc(CC2CC(N)C2)c(C)c1C. The number of nitrogens with two attached hydrogens (primary N) is 1. The van der Waals surface area contributed by atoms with Crippen LogP contribution in [0.25, 0.3) is 0 Å². The zero-order valence-electron chi connectivity index (χ0n) is 10.4. The van der Waals surface area contributed by atoms with Crippen molar-refractivity contribution in [2.45, 2.75) is 39.2 Å². The van der Waals surface area contributed by atoms with Gasteiger partial charge in [-0.05, 0) is 61.8 Å². The van der Waals surface area contributed by atoms with Gasteiger partial charge in [0.25, 0.3) is 0 Å². The summed E-state index contributed by atoms with van der Waals surface area (Å²) in [5, 5.41) is 0. The minimum absolute atomic E-state index is 0.449. The first-order valence-corrected chi connectivity index (χ1v) is 6.00. The van der Waals surface area contributed by atoms with Gasteiger partial charge >= 0.3 is 0 Å². The van der Waals surface area contributed by atoms with E-state index in [1.54, 1.807) is 7.11 Å². The Morgan fingerprint density at radius 1 is 1.25 bits per heavy atom. The summed E-state index contributed by atoms with van der Waals surface area (Å²) in [6, 6.07) is 4.73. The molecule has 16 heavy (non-hydrogen) atoms. The molecule has 0 radical (unpaired) electrons. The highest BCUT2D eigenvalue weighted by atomic mass is 16.5. The Morgan fingerprint density at radius 3 is 2.50 bits per heavy atom. The number of hydrogen-bond donors (Lipinski definition) is 1. The second kappa shape index (κ2) is 4.46. The molecule has 1 fully saturated rings. The second-order valence-corrected chi connectivity index (χ2v) is 4.98. The Balaban J connectivity index is 2.13. The molecule has 1 aliphatic carbocycles. The van der Waals surface area contributed by atoms with E-state index >= 15 is 0 Å². The quantitative estimate of drug-likeness (QED) is 0.848. The fourth-order valence-corrected chi connectivity index (χ4v) is 2.56. The maximum Gasteiger partial charge on any atom is 0.122 e. The lowest BCUT2D eigenvalue weighted by Crippen LogP contribution is -2.37. The van der Waals surface area contributed by atoms with Crippen LogP contribution in [0.4, 0.5) is 0 Å². The van der Waals surface area contributed by atoms with E-state index in [0.29, 0.717) is 6.04 Å². The lowest BCUT2D eigenvalue weighted by molar-refractivity contribution is 0.264. The first-order valence-electron chi connectivity index (χ1n) is 6.00. The molecule has 0 spiro atoms. The first-order chi connectivity index (χ1) is 7.61. The van der Waals surface area contributed by atoms with Crippen LogP contribution >= 0.6 is 0 Å². The van der Waals surface area contributed by atoms with Gasteiger partial charge in [0.2, 0.25) is 0 Å². The molecular formula is C14H21NO. The number of benzene rings is 1. The van der Waals surface area contributed by atoms with Gasteiger partial charge < -0.3 is 10.5 Å². The Hall–Kier alpha value is -1.02. The molecule has 0 heterocycles. The summed E-state index contributed by atoms with van der Waals surface area (Å²) in [5.41, 5.74) is 9.91. The molecule has 1 aromatic rings. The van der Waals surface area contributed by atoms with Gasteiger partial charge in [0, 0.05) is 6.04 Å². The molecule has 1 aliphatic rings. The van der Waals surface area contributed by atoms with Crippen LogP contribution in [0.1, 0.15) is 29.5 Å². The second-order valence-electron chi connectivity index (χ2n) is 4.98. The van der Waals surface area contributed by atoms with Crippen LogP contribution in [0, 0.1) is 19.8 Å². The van der Waals surface area contributed by atoms with Gasteiger partial charge in [-0.2, -0.15) is 0 Å². The molecule has 0 bridgehead atoms. The number of ether oxygens (including phenoxy) is 1. The fourth-order valence-electron chi connectivity index (χ4n) is 2.56. The van der Waals surface area contributed by atoms with Gasteiger partial charge in [-0.25, -0.2) is 0 Å². The third-order valence-electron chi connectivity index (χ3n) is 3.85. The van der Waals surface area contributed by atoms with Crippen molar-refractivity contribution >= 4 is 0 Å². The number of methoxy groups -OCH3 is 1. The summed E-state index contributed by atoms with van der Waals surface area (Å²) in [4.78, 5) is 0. The van der Waals surface area contributed by atoms with Gasteiger partial charge in [0.05, 0.1) is 7.11 Å². The van der Waals surface area contributed by atoms with Gasteiger partial charge in [0.1, 0.15) is 5.75 Å². The van der Waals surface area contributed by atoms with Crippen LogP contribution in [0.15, 0.2) is 12.1 Å². The minimum atomic E-state index is 0.449. The Bertz CT molecular complexity index is 381. The van der Waals surface area contributed by atoms with Crippen molar-refractivity contribution in [3.05, 3.63) is 28.8 Å². The van der Waals surface area contributed by atoms with Crippen LogP contribution in [0.5, 0.6) is 5.75 Å². The molecule has 0 unspecified atom stereocenters. The smallest absolute Gasteiger partial charge is 0.122 e. The van der Waals surface area contributed by atoms with Crippen molar-refractivity contribution in [3.63, 3.8) is 0 Å². The molecular weight excluding hydrogens is 198 g/mol. The molecule has 0 amide bonds. The van der Waals surface area contributed by atoms with Gasteiger partial charge in [-0.3, -0.25) is 0 Å². The molecule has 1 aromatic carbocycles. The largest absolute Gasteiger partial charge is 0.496 e. The lowest BCUT2D eigenvalue weighted by atomic mass is 9.76. The third kappa shape index (κ3) is 2.07. The molecule has 2 heteroatoms. The highest BCUT2D eigenvalue weighted by molar-refractivity contribution is 5.43. The lowest BCUT2D eigenvalue weighted by Gasteiger charge is -2.33. The predicted octanol–water partition coefficient (Wildman–Crippen LogP) is 2.59. The van der Waals surface area contributed by atoms with Crippen molar-refractivity contribution in [2.75, 3.05) is 7.11 Å². The van der Waals surface area contributed by atoms with Crippen molar-refractivity contribution in [1.29, 1.82) is 0 Å². The van der Waals surface area contributed by atoms with Crippen LogP contribution in [0.2, 0.25) is 0 Å². The van der Waals surface area contributed by atoms with Crippen molar-refractivity contribution < 1.29 is 4.74 Å². The number of hydrogen-bond acceptors (Lipinski definition) is 2. The summed E-state index contributed by atoms with van der Waals surface area (Å²) in [5.74, 6) is 1.79. The van der Waals surface area contributed by atoms with E-state index in [0.717, 1.165) is 11.7 Å². The standard InChI is InChI=1S/C14H21NO/c1-9-10(2)14(16-3)5-4-12(9)6-11-7-13(15)8-11/h4-5,11,13H,6-8,15H2,1-3H3. The zero-order valence-corrected chi connectivity index (χ0v) is 10.4. The minimum Gasteiger partial charge on any atom is -0.496 e. The van der Waals surface area contributed by atoms with E-state index in [1.807, 2.05) is 0 Å². The topological polar surface area (TPSA) is 35.2 Å². The Kier molecular flexibility index (Phi) is 3.20. The summed E-state index contributed by atoms with van der Waals surface area (Å²) in [7, 11) is 1.73. The van der Waals surface area contributed by atoms with Crippen molar-refractivity contribution in [2.24, 2.45) is 11.7 Å². The monoisotopic (exact) mass is 219 g/mol. The van der Waals surface area contributed by atoms with E-state index in [9.17, 15) is 0 Å². The summed E-state index contributed by atoms with van der Waals surface area (Å²) in [6.45, 7) is 4.32. The zero-order chi connectivity index (χ0) is 11.7. The molecule has 1 saturated carbocycles. The van der Waals surface area contributed by atoms with Crippen molar-refractivity contribution in [1.82, 2.24) is 0 Å². The first kappa shape index (κ1) is 11.5.